The fourth-order valence-corrected chi connectivity index (χ4v) is 5.81. The van der Waals surface area contributed by atoms with Crippen molar-refractivity contribution in [1.82, 2.24) is 14.9 Å². The van der Waals surface area contributed by atoms with Crippen LogP contribution in [-0.4, -0.2) is 50.4 Å². The van der Waals surface area contributed by atoms with Crippen LogP contribution >= 0.6 is 0 Å². The first-order chi connectivity index (χ1) is 16.1. The van der Waals surface area contributed by atoms with E-state index in [1.54, 1.807) is 4.90 Å². The van der Waals surface area contributed by atoms with Crippen LogP contribution in [-0.2, 0) is 9.31 Å². The molecule has 0 radical (unpaired) electrons. The van der Waals surface area contributed by atoms with Gasteiger partial charge in [-0.1, -0.05) is 30.3 Å². The second-order valence-corrected chi connectivity index (χ2v) is 11.0. The Morgan fingerprint density at radius 2 is 1.79 bits per heavy atom. The van der Waals surface area contributed by atoms with Crippen molar-refractivity contribution in [3.63, 3.8) is 0 Å². The van der Waals surface area contributed by atoms with Gasteiger partial charge in [0.25, 0.3) is 0 Å². The number of nitrogens with one attached hydrogen (secondary N) is 1. The van der Waals surface area contributed by atoms with Gasteiger partial charge in [-0.3, -0.25) is 4.90 Å². The highest BCUT2D eigenvalue weighted by Gasteiger charge is 2.52. The summed E-state index contributed by atoms with van der Waals surface area (Å²) in [4.78, 5) is 21.5. The van der Waals surface area contributed by atoms with Crippen molar-refractivity contribution in [3.05, 3.63) is 48.4 Å². The van der Waals surface area contributed by atoms with E-state index in [0.29, 0.717) is 5.92 Å². The summed E-state index contributed by atoms with van der Waals surface area (Å²) in [7, 11) is -0.386. The lowest BCUT2D eigenvalue weighted by atomic mass is 9.78. The molecule has 3 aromatic rings. The van der Waals surface area contributed by atoms with Crippen molar-refractivity contribution in [2.75, 3.05) is 0 Å². The van der Waals surface area contributed by atoms with E-state index < -0.39 is 6.09 Å². The normalized spacial score (nSPS) is 27.1. The fourth-order valence-electron chi connectivity index (χ4n) is 5.81. The predicted octanol–water partition coefficient (Wildman–Crippen LogP) is 4.73. The first-order valence-electron chi connectivity index (χ1n) is 12.1. The predicted molar refractivity (Wildman–Crippen MR) is 131 cm³/mol. The molecule has 1 amide bonds. The van der Waals surface area contributed by atoms with E-state index >= 15 is 0 Å². The van der Waals surface area contributed by atoms with Crippen LogP contribution in [0.15, 0.2) is 42.6 Å². The molecule has 2 saturated heterocycles. The van der Waals surface area contributed by atoms with Crippen LogP contribution in [0.3, 0.4) is 0 Å². The molecule has 3 heterocycles. The molecule has 2 bridgehead atoms. The van der Waals surface area contributed by atoms with Gasteiger partial charge in [-0.05, 0) is 75.2 Å². The average Bonchev–Trinajstić information content (AvgIpc) is 3.55. The third kappa shape index (κ3) is 3.27. The van der Waals surface area contributed by atoms with E-state index in [0.717, 1.165) is 52.6 Å². The quantitative estimate of drug-likeness (QED) is 0.553. The van der Waals surface area contributed by atoms with Crippen LogP contribution < -0.4 is 5.46 Å². The van der Waals surface area contributed by atoms with Gasteiger partial charge >= 0.3 is 13.2 Å². The number of hydrogen-bond donors (Lipinski definition) is 2. The number of aromatic nitrogens is 2. The van der Waals surface area contributed by atoms with E-state index in [4.69, 9.17) is 9.31 Å². The number of benzene rings is 2. The van der Waals surface area contributed by atoms with Crippen LogP contribution in [0.5, 0.6) is 0 Å². The Bertz CT molecular complexity index is 1270. The molecular formula is C26H30BN3O4. The number of piperidine rings is 1. The number of rotatable bonds is 3. The summed E-state index contributed by atoms with van der Waals surface area (Å²) in [5.74, 6) is 1.10. The SMILES string of the molecule is CC1(C)OB(c2ccc3cc(-c4cnc(C5C6CCC(C6)N5C(=O)O)[nH]4)ccc3c2)OC1(C)C. The van der Waals surface area contributed by atoms with Gasteiger partial charge in [0, 0.05) is 11.6 Å². The van der Waals surface area contributed by atoms with E-state index in [1.807, 2.05) is 6.20 Å². The van der Waals surface area contributed by atoms with E-state index in [2.05, 4.69) is 74.1 Å². The minimum atomic E-state index is -0.848. The number of H-pyrrole nitrogens is 1. The minimum absolute atomic E-state index is 0.125. The molecule has 34 heavy (non-hydrogen) atoms. The van der Waals surface area contributed by atoms with Crippen LogP contribution in [0, 0.1) is 5.92 Å². The van der Waals surface area contributed by atoms with Crippen LogP contribution in [0.4, 0.5) is 4.79 Å². The third-order valence-corrected chi connectivity index (χ3v) is 8.38. The van der Waals surface area contributed by atoms with Gasteiger partial charge in [0.15, 0.2) is 0 Å². The molecule has 6 rings (SSSR count). The Hall–Kier alpha value is -2.84. The van der Waals surface area contributed by atoms with Crippen molar-refractivity contribution in [3.8, 4) is 11.3 Å². The molecule has 176 valence electrons. The standard InChI is InChI=1S/C26H30BN3O4/c1-25(2)26(3,4)34-27(33-25)19-9-7-15-11-17(6-5-16(15)12-19)21-14-28-23(29-21)22-18-8-10-20(13-18)30(22)24(31)32/h5-7,9,11-12,14,18,20,22H,8,10,13H2,1-4H3,(H,28,29)(H,31,32). The number of nitrogens with zero attached hydrogens (tertiary/aromatic N) is 2. The monoisotopic (exact) mass is 459 g/mol. The number of hydrogen-bond acceptors (Lipinski definition) is 4. The summed E-state index contributed by atoms with van der Waals surface area (Å²) in [6.07, 6.45) is 3.93. The molecular weight excluding hydrogens is 429 g/mol. The Kier molecular flexibility index (Phi) is 4.67. The number of carboxylic acid groups (broad SMARTS) is 1. The third-order valence-electron chi connectivity index (χ3n) is 8.38. The zero-order valence-electron chi connectivity index (χ0n) is 20.0. The fraction of sp³-hybridized carbons (Fsp3) is 0.462. The molecule has 3 aliphatic rings. The van der Waals surface area contributed by atoms with Crippen molar-refractivity contribution in [2.45, 2.75) is 70.2 Å². The summed E-state index contributed by atoms with van der Waals surface area (Å²) in [5.41, 5.74) is 2.20. The number of likely N-dealkylation sites (tertiary alicyclic amines) is 1. The highest BCUT2D eigenvalue weighted by molar-refractivity contribution is 6.62. The van der Waals surface area contributed by atoms with Gasteiger partial charge in [-0.2, -0.15) is 0 Å². The topological polar surface area (TPSA) is 87.7 Å². The van der Waals surface area contributed by atoms with Gasteiger partial charge < -0.3 is 19.4 Å². The number of carbonyl (C=O) groups is 1. The first kappa shape index (κ1) is 21.7. The van der Waals surface area contributed by atoms with Crippen molar-refractivity contribution in [1.29, 1.82) is 0 Å². The molecule has 1 aliphatic carbocycles. The highest BCUT2D eigenvalue weighted by Crippen LogP contribution is 2.49. The molecule has 0 spiro atoms. The molecule has 1 aromatic heterocycles. The number of fused-ring (bicyclic) bond motifs is 3. The van der Waals surface area contributed by atoms with Gasteiger partial charge in [-0.15, -0.1) is 0 Å². The molecule has 3 unspecified atom stereocenters. The zero-order valence-corrected chi connectivity index (χ0v) is 20.0. The second kappa shape index (κ2) is 7.33. The summed E-state index contributed by atoms with van der Waals surface area (Å²) >= 11 is 0. The second-order valence-electron chi connectivity index (χ2n) is 11.0. The lowest BCUT2D eigenvalue weighted by Crippen LogP contribution is -2.41. The Balaban J connectivity index is 1.27. The van der Waals surface area contributed by atoms with Gasteiger partial charge in [0.2, 0.25) is 0 Å². The van der Waals surface area contributed by atoms with Crippen LogP contribution in [0.25, 0.3) is 22.0 Å². The zero-order chi connectivity index (χ0) is 23.8. The first-order valence-corrected chi connectivity index (χ1v) is 12.1. The Labute approximate surface area is 199 Å². The summed E-state index contributed by atoms with van der Waals surface area (Å²) < 4.78 is 12.4. The molecule has 3 atom stereocenters. The van der Waals surface area contributed by atoms with E-state index in [1.165, 1.54) is 0 Å². The number of aromatic amines is 1. The van der Waals surface area contributed by atoms with Crippen molar-refractivity contribution in [2.24, 2.45) is 5.92 Å². The average molecular weight is 459 g/mol. The molecule has 7 nitrogen and oxygen atoms in total. The van der Waals surface area contributed by atoms with Crippen molar-refractivity contribution < 1.29 is 19.2 Å². The number of amides is 1. The molecule has 3 fully saturated rings. The molecule has 2 N–H and O–H groups in total. The van der Waals surface area contributed by atoms with E-state index in [9.17, 15) is 9.90 Å². The van der Waals surface area contributed by atoms with Gasteiger partial charge in [-0.25, -0.2) is 9.78 Å². The maximum absolute atomic E-state index is 11.9. The largest absolute Gasteiger partial charge is 0.494 e. The maximum Gasteiger partial charge on any atom is 0.494 e. The summed E-state index contributed by atoms with van der Waals surface area (Å²) in [6, 6.07) is 12.5. The molecule has 1 saturated carbocycles. The van der Waals surface area contributed by atoms with Gasteiger partial charge in [0.05, 0.1) is 29.1 Å². The Morgan fingerprint density at radius 1 is 1.09 bits per heavy atom. The number of imidazole rings is 1. The lowest BCUT2D eigenvalue weighted by molar-refractivity contribution is 0.00578. The van der Waals surface area contributed by atoms with Crippen molar-refractivity contribution >= 4 is 29.4 Å². The lowest BCUT2D eigenvalue weighted by Gasteiger charge is -2.32. The maximum atomic E-state index is 11.9. The molecule has 2 aliphatic heterocycles. The summed E-state index contributed by atoms with van der Waals surface area (Å²) in [5, 5.41) is 12.0. The van der Waals surface area contributed by atoms with Gasteiger partial charge in [0.1, 0.15) is 5.82 Å². The smallest absolute Gasteiger partial charge is 0.465 e. The summed E-state index contributed by atoms with van der Waals surface area (Å²) in [6.45, 7) is 8.24. The Morgan fingerprint density at radius 3 is 2.53 bits per heavy atom. The van der Waals surface area contributed by atoms with Crippen LogP contribution in [0.1, 0.15) is 58.8 Å². The minimum Gasteiger partial charge on any atom is -0.465 e. The van der Waals surface area contributed by atoms with Crippen LogP contribution in [0.2, 0.25) is 0 Å². The molecule has 2 aromatic carbocycles. The van der Waals surface area contributed by atoms with E-state index in [-0.39, 0.29) is 30.4 Å². The highest BCUT2D eigenvalue weighted by atomic mass is 16.7. The molecule has 8 heteroatoms.